The van der Waals surface area contributed by atoms with E-state index in [1.165, 1.54) is 12.1 Å². The lowest BCUT2D eigenvalue weighted by atomic mass is 10.0. The Labute approximate surface area is 450 Å². The number of hydrogen-bond acceptors (Lipinski definition) is 13. The van der Waals surface area contributed by atoms with E-state index in [0.29, 0.717) is 81.3 Å². The molecule has 6 heterocycles. The number of carbonyl (C=O) groups excluding carboxylic acids is 3. The monoisotopic (exact) mass is 1100 g/mol. The van der Waals surface area contributed by atoms with Crippen LogP contribution in [-0.2, 0) is 55.0 Å². The van der Waals surface area contributed by atoms with Crippen molar-refractivity contribution in [1.29, 1.82) is 0 Å². The van der Waals surface area contributed by atoms with Gasteiger partial charge in [-0.05, 0) is 113 Å². The Bertz CT molecular complexity index is 3200. The smallest absolute Gasteiger partial charge is 0.335 e. The van der Waals surface area contributed by atoms with Gasteiger partial charge in [0.05, 0.1) is 47.2 Å². The molecule has 0 atom stereocenters. The second-order valence-electron chi connectivity index (χ2n) is 18.5. The van der Waals surface area contributed by atoms with Crippen molar-refractivity contribution in [1.82, 2.24) is 45.5 Å². The summed E-state index contributed by atoms with van der Waals surface area (Å²) in [7, 11) is 1.60. The van der Waals surface area contributed by atoms with Crippen molar-refractivity contribution < 1.29 is 38.5 Å². The second kappa shape index (κ2) is 25.9. The molecule has 19 nitrogen and oxygen atoms in total. The average molecular weight is 1100 g/mol. The van der Waals surface area contributed by atoms with E-state index in [2.05, 4.69) is 59.6 Å². The van der Waals surface area contributed by atoms with Crippen molar-refractivity contribution in [2.75, 3.05) is 44.2 Å². The van der Waals surface area contributed by atoms with Crippen LogP contribution in [0, 0.1) is 0 Å². The van der Waals surface area contributed by atoms with Crippen molar-refractivity contribution >= 4 is 73.1 Å². The Hall–Kier alpha value is -7.42. The average Bonchev–Trinajstić information content (AvgIpc) is 4.12. The molecule has 2 aliphatic rings. The van der Waals surface area contributed by atoms with Gasteiger partial charge in [0.15, 0.2) is 11.3 Å². The van der Waals surface area contributed by atoms with E-state index in [4.69, 9.17) is 24.2 Å². The number of fused-ring (bicyclic) bond motifs is 2. The lowest BCUT2D eigenvalue weighted by molar-refractivity contribution is 0.0696. The number of rotatable bonds is 19. The number of anilines is 2. The van der Waals surface area contributed by atoms with E-state index in [9.17, 15) is 24.3 Å². The summed E-state index contributed by atoms with van der Waals surface area (Å²) in [5, 5.41) is 36.5. The molecule has 0 bridgehead atoms. The maximum absolute atomic E-state index is 13.4. The molecule has 2 aliphatic heterocycles. The van der Waals surface area contributed by atoms with Crippen LogP contribution in [-0.4, -0.2) is 104 Å². The fraction of sp³-hybridized carbons (Fsp3) is 0.393. The molecule has 20 heteroatoms. The maximum atomic E-state index is 13.4. The van der Waals surface area contributed by atoms with Crippen LogP contribution in [0.1, 0.15) is 123 Å². The van der Waals surface area contributed by atoms with Crippen LogP contribution >= 0.6 is 15.9 Å². The maximum Gasteiger partial charge on any atom is 0.335 e. The van der Waals surface area contributed by atoms with E-state index in [0.717, 1.165) is 91.7 Å². The van der Waals surface area contributed by atoms with Gasteiger partial charge >= 0.3 is 5.97 Å². The molecule has 9 rings (SSSR count). The van der Waals surface area contributed by atoms with Gasteiger partial charge in [-0.3, -0.25) is 14.4 Å². The minimum absolute atomic E-state index is 0.0776. The minimum Gasteiger partial charge on any atom is -0.497 e. The molecule has 0 spiro atoms. The Morgan fingerprint density at radius 2 is 1.07 bits per heavy atom. The van der Waals surface area contributed by atoms with E-state index in [1.807, 2.05) is 60.7 Å². The summed E-state index contributed by atoms with van der Waals surface area (Å²) in [5.41, 5.74) is 9.34. The first-order valence-corrected chi connectivity index (χ1v) is 26.7. The third-order valence-corrected chi connectivity index (χ3v) is 14.0. The fourth-order valence-corrected chi connectivity index (χ4v) is 9.98. The number of hydrogen-bond donors (Lipinski definition) is 6. The van der Waals surface area contributed by atoms with E-state index in [1.54, 1.807) is 43.5 Å². The van der Waals surface area contributed by atoms with Gasteiger partial charge in [-0.15, -0.1) is 0 Å². The van der Waals surface area contributed by atoms with Gasteiger partial charge in [0.1, 0.15) is 5.75 Å². The van der Waals surface area contributed by atoms with E-state index in [-0.39, 0.29) is 48.5 Å². The highest BCUT2D eigenvalue weighted by Gasteiger charge is 2.25. The number of aromatic carboxylic acids is 1. The van der Waals surface area contributed by atoms with Crippen LogP contribution in [0.4, 0.5) is 11.4 Å². The van der Waals surface area contributed by atoms with Gasteiger partial charge in [-0.1, -0.05) is 41.9 Å². The number of pyridine rings is 2. The molecule has 0 radical (unpaired) electrons. The highest BCUT2D eigenvalue weighted by Crippen LogP contribution is 2.33. The molecule has 0 saturated carbocycles. The Morgan fingerprint density at radius 1 is 0.632 bits per heavy atom. The number of nitrogens with zero attached hydrogens (tertiary/aromatic N) is 6. The van der Waals surface area contributed by atoms with Crippen LogP contribution in [0.5, 0.6) is 5.75 Å². The number of carbonyl (C=O) groups is 4. The number of aromatic nitrogens is 6. The summed E-state index contributed by atoms with van der Waals surface area (Å²) in [6.45, 7) is 13.4. The SMILES string of the molecule is CCc1nc2c(cnn2CC)c(NC2CCOCC2)c1CNC(=O)c1cccc(C(=O)NCc2cc(Br)cc(OC)c2)c1.CCc1nc2c(cnn2CC)c(NC2CCOCC2)c1CNC(=O)c1cccc(C(=O)O)c1. The predicted octanol–water partition coefficient (Wildman–Crippen LogP) is 8.47. The normalized spacial score (nSPS) is 13.9. The van der Waals surface area contributed by atoms with Crippen LogP contribution < -0.4 is 31.3 Å². The molecule has 76 heavy (non-hydrogen) atoms. The molecular formula is C56H66BrN11O8. The lowest BCUT2D eigenvalue weighted by Gasteiger charge is -2.26. The third kappa shape index (κ3) is 13.1. The third-order valence-electron chi connectivity index (χ3n) is 13.6. The van der Waals surface area contributed by atoms with E-state index < -0.39 is 5.97 Å². The van der Waals surface area contributed by atoms with Crippen molar-refractivity contribution in [2.45, 2.75) is 111 Å². The summed E-state index contributed by atoms with van der Waals surface area (Å²) in [5.74, 6) is -1.24. The summed E-state index contributed by atoms with van der Waals surface area (Å²) in [6.07, 6.45) is 8.71. The van der Waals surface area contributed by atoms with Crippen molar-refractivity contribution in [3.8, 4) is 5.75 Å². The van der Waals surface area contributed by atoms with Crippen molar-refractivity contribution in [2.24, 2.45) is 0 Å². The predicted molar refractivity (Wildman–Crippen MR) is 294 cm³/mol. The summed E-state index contributed by atoms with van der Waals surface area (Å²) < 4.78 is 21.0. The molecule has 4 aromatic heterocycles. The zero-order valence-corrected chi connectivity index (χ0v) is 45.2. The molecule has 2 fully saturated rings. The topological polar surface area (TPSA) is 238 Å². The molecule has 0 unspecified atom stereocenters. The van der Waals surface area contributed by atoms with Gasteiger partial charge in [-0.2, -0.15) is 10.2 Å². The van der Waals surface area contributed by atoms with Crippen LogP contribution in [0.3, 0.4) is 0 Å². The number of ether oxygens (including phenoxy) is 3. The molecule has 6 N–H and O–H groups in total. The van der Waals surface area contributed by atoms with Gasteiger partial charge in [0.2, 0.25) is 0 Å². The number of amides is 3. The van der Waals surface area contributed by atoms with Crippen molar-refractivity contribution in [3.05, 3.63) is 134 Å². The molecule has 0 aliphatic carbocycles. The standard InChI is InChI=1S/C32H37BrN6O4.C24H29N5O4/c1-4-28-26(29(37-24-9-11-43-12-10-24)27-19-36-39(5-2)30(27)38-28)18-35-32(41)22-8-6-7-21(15-22)31(40)34-17-20-13-23(33)16-25(14-20)42-3;1-3-20-18(13-25-23(30)15-6-5-7-16(12-15)24(31)32)21(27-17-8-10-33-11-9-17)19-14-26-29(4-2)22(19)28-20/h6-8,13-16,19,24H,4-5,9-12,17-18H2,1-3H3,(H,34,40)(H,35,41)(H,37,38);5-7,12,14,17H,3-4,8-11,13H2,1-2H3,(H,25,30)(H,27,28)(H,31,32). The summed E-state index contributed by atoms with van der Waals surface area (Å²) in [4.78, 5) is 60.2. The Morgan fingerprint density at radius 3 is 1.49 bits per heavy atom. The summed E-state index contributed by atoms with van der Waals surface area (Å²) in [6, 6.07) is 18.9. The van der Waals surface area contributed by atoms with Gasteiger partial charge in [-0.25, -0.2) is 24.1 Å². The quantitative estimate of drug-likeness (QED) is 0.0446. The molecular weight excluding hydrogens is 1030 g/mol. The van der Waals surface area contributed by atoms with Crippen molar-refractivity contribution in [3.63, 3.8) is 0 Å². The van der Waals surface area contributed by atoms with Crippen LogP contribution in [0.15, 0.2) is 83.6 Å². The highest BCUT2D eigenvalue weighted by molar-refractivity contribution is 9.10. The van der Waals surface area contributed by atoms with Gasteiger partial charge < -0.3 is 45.9 Å². The largest absolute Gasteiger partial charge is 0.497 e. The fourth-order valence-electron chi connectivity index (χ4n) is 9.46. The second-order valence-corrected chi connectivity index (χ2v) is 19.4. The Balaban J connectivity index is 0.000000209. The van der Waals surface area contributed by atoms with Crippen LogP contribution in [0.2, 0.25) is 0 Å². The van der Waals surface area contributed by atoms with Crippen LogP contribution in [0.25, 0.3) is 22.1 Å². The first-order chi connectivity index (χ1) is 36.9. The van der Waals surface area contributed by atoms with Gasteiger partial charge in [0, 0.05) is 115 Å². The summed E-state index contributed by atoms with van der Waals surface area (Å²) >= 11 is 3.46. The first-order valence-electron chi connectivity index (χ1n) is 26.0. The number of benzene rings is 3. The minimum atomic E-state index is -1.07. The van der Waals surface area contributed by atoms with Gasteiger partial charge in [0.25, 0.3) is 17.7 Å². The molecule has 3 aromatic carbocycles. The lowest BCUT2D eigenvalue weighted by Crippen LogP contribution is -2.30. The number of carboxylic acids is 1. The first kappa shape index (κ1) is 54.8. The molecule has 400 valence electrons. The Kier molecular flexibility index (Phi) is 18.7. The highest BCUT2D eigenvalue weighted by atomic mass is 79.9. The molecule has 3 amide bonds. The molecule has 2 saturated heterocycles. The van der Waals surface area contributed by atoms with E-state index >= 15 is 0 Å². The number of carboxylic acid groups (broad SMARTS) is 1. The number of methoxy groups -OCH3 is 1. The molecule has 7 aromatic rings. The zero-order valence-electron chi connectivity index (χ0n) is 43.6. The number of aryl methyl sites for hydroxylation is 4. The number of halogens is 1. The number of nitrogens with one attached hydrogen (secondary N) is 5. The zero-order chi connectivity index (χ0) is 53.7.